The molecule has 0 saturated carbocycles. The number of hydrogen-bond donors (Lipinski definition) is 3. The minimum atomic E-state index is -0.392. The lowest BCUT2D eigenvalue weighted by Gasteiger charge is -2.26. The number of benzene rings is 1. The average Bonchev–Trinajstić information content (AvgIpc) is 2.58. The fourth-order valence-electron chi connectivity index (χ4n) is 2.44. The van der Waals surface area contributed by atoms with Crippen LogP contribution in [-0.4, -0.2) is 50.1 Å². The van der Waals surface area contributed by atoms with Crippen molar-refractivity contribution in [1.29, 1.82) is 5.26 Å². The molecule has 1 heterocycles. The zero-order valence-electron chi connectivity index (χ0n) is 13.7. The molecule has 0 bridgehead atoms. The molecule has 0 aliphatic carbocycles. The SMILES string of the molecule is Cc1cc(I)ccc1NC(=O)/C(C#N)=C\NCCN1CCNCC1. The first kappa shape index (κ1) is 18.7. The summed E-state index contributed by atoms with van der Waals surface area (Å²) in [6, 6.07) is 7.71. The summed E-state index contributed by atoms with van der Waals surface area (Å²) in [6.07, 6.45) is 1.50. The van der Waals surface area contributed by atoms with Gasteiger partial charge in [-0.3, -0.25) is 9.69 Å². The standard InChI is InChI=1S/C17H22IN5O/c1-13-10-15(18)2-3-16(13)22-17(24)14(11-19)12-21-6-9-23-7-4-20-5-8-23/h2-3,10,12,20-21H,4-9H2,1H3,(H,22,24)/b14-12-. The van der Waals surface area contributed by atoms with E-state index in [-0.39, 0.29) is 5.57 Å². The zero-order chi connectivity index (χ0) is 17.4. The lowest BCUT2D eigenvalue weighted by Crippen LogP contribution is -2.45. The van der Waals surface area contributed by atoms with Gasteiger partial charge >= 0.3 is 0 Å². The molecule has 1 aliphatic heterocycles. The molecular weight excluding hydrogens is 417 g/mol. The van der Waals surface area contributed by atoms with E-state index in [1.165, 1.54) is 6.20 Å². The first-order chi connectivity index (χ1) is 11.6. The average molecular weight is 439 g/mol. The van der Waals surface area contributed by atoms with Crippen LogP contribution in [0.2, 0.25) is 0 Å². The van der Waals surface area contributed by atoms with Crippen LogP contribution >= 0.6 is 22.6 Å². The molecule has 24 heavy (non-hydrogen) atoms. The van der Waals surface area contributed by atoms with Gasteiger partial charge in [-0.15, -0.1) is 0 Å². The Morgan fingerprint density at radius 1 is 1.46 bits per heavy atom. The summed E-state index contributed by atoms with van der Waals surface area (Å²) in [7, 11) is 0. The van der Waals surface area contributed by atoms with Crippen LogP contribution in [-0.2, 0) is 4.79 Å². The van der Waals surface area contributed by atoms with Crippen LogP contribution in [0.25, 0.3) is 0 Å². The lowest BCUT2D eigenvalue weighted by molar-refractivity contribution is -0.112. The van der Waals surface area contributed by atoms with E-state index in [1.807, 2.05) is 31.2 Å². The van der Waals surface area contributed by atoms with Gasteiger partial charge in [-0.25, -0.2) is 0 Å². The Labute approximate surface area is 156 Å². The largest absolute Gasteiger partial charge is 0.388 e. The van der Waals surface area contributed by atoms with Crippen molar-refractivity contribution in [1.82, 2.24) is 15.5 Å². The van der Waals surface area contributed by atoms with Crippen molar-refractivity contribution >= 4 is 34.2 Å². The molecule has 0 atom stereocenters. The normalized spacial score (nSPS) is 15.6. The first-order valence-corrected chi connectivity index (χ1v) is 9.02. The summed E-state index contributed by atoms with van der Waals surface area (Å²) < 4.78 is 1.11. The maximum atomic E-state index is 12.2. The maximum absolute atomic E-state index is 12.2. The molecule has 1 aromatic rings. The molecule has 1 saturated heterocycles. The van der Waals surface area contributed by atoms with E-state index in [4.69, 9.17) is 0 Å². The number of nitrogens with zero attached hydrogens (tertiary/aromatic N) is 2. The fourth-order valence-corrected chi connectivity index (χ4v) is 3.08. The smallest absolute Gasteiger partial charge is 0.267 e. The third kappa shape index (κ3) is 5.78. The number of anilines is 1. The van der Waals surface area contributed by atoms with Crippen molar-refractivity contribution in [3.63, 3.8) is 0 Å². The van der Waals surface area contributed by atoms with Crippen LogP contribution in [0.15, 0.2) is 30.0 Å². The van der Waals surface area contributed by atoms with Gasteiger partial charge in [0, 0.05) is 54.7 Å². The number of piperazine rings is 1. The summed E-state index contributed by atoms with van der Waals surface area (Å²) in [6.45, 7) is 7.62. The number of hydrogen-bond acceptors (Lipinski definition) is 5. The molecule has 2 rings (SSSR count). The van der Waals surface area contributed by atoms with Crippen molar-refractivity contribution in [2.75, 3.05) is 44.6 Å². The Balaban J connectivity index is 1.85. The van der Waals surface area contributed by atoms with Gasteiger partial charge in [0.2, 0.25) is 0 Å². The number of halogens is 1. The Morgan fingerprint density at radius 3 is 2.88 bits per heavy atom. The molecule has 1 aliphatic rings. The van der Waals surface area contributed by atoms with E-state index in [9.17, 15) is 10.1 Å². The minimum Gasteiger partial charge on any atom is -0.388 e. The van der Waals surface area contributed by atoms with Crippen molar-refractivity contribution < 1.29 is 4.79 Å². The number of rotatable bonds is 6. The predicted molar refractivity (Wildman–Crippen MR) is 104 cm³/mol. The van der Waals surface area contributed by atoms with E-state index in [0.29, 0.717) is 6.54 Å². The summed E-state index contributed by atoms with van der Waals surface area (Å²) >= 11 is 2.22. The molecule has 128 valence electrons. The van der Waals surface area contributed by atoms with Crippen LogP contribution in [0.4, 0.5) is 5.69 Å². The van der Waals surface area contributed by atoms with Gasteiger partial charge in [0.25, 0.3) is 5.91 Å². The number of amides is 1. The fraction of sp³-hybridized carbons (Fsp3) is 0.412. The van der Waals surface area contributed by atoms with Gasteiger partial charge in [-0.2, -0.15) is 5.26 Å². The third-order valence-electron chi connectivity index (χ3n) is 3.83. The van der Waals surface area contributed by atoms with Crippen LogP contribution in [0.5, 0.6) is 0 Å². The summed E-state index contributed by atoms with van der Waals surface area (Å²) in [5.74, 6) is -0.392. The topological polar surface area (TPSA) is 80.2 Å². The Hall–Kier alpha value is -1.63. The van der Waals surface area contributed by atoms with Gasteiger partial charge in [0.05, 0.1) is 0 Å². The predicted octanol–water partition coefficient (Wildman–Crippen LogP) is 1.44. The van der Waals surface area contributed by atoms with E-state index in [1.54, 1.807) is 0 Å². The van der Waals surface area contributed by atoms with Crippen LogP contribution in [0.1, 0.15) is 5.56 Å². The van der Waals surface area contributed by atoms with Crippen LogP contribution in [0, 0.1) is 21.8 Å². The highest BCUT2D eigenvalue weighted by Crippen LogP contribution is 2.18. The third-order valence-corrected chi connectivity index (χ3v) is 4.50. The van der Waals surface area contributed by atoms with E-state index in [0.717, 1.165) is 47.5 Å². The summed E-state index contributed by atoms with van der Waals surface area (Å²) in [5, 5.41) is 18.4. The van der Waals surface area contributed by atoms with Crippen molar-refractivity contribution in [2.24, 2.45) is 0 Å². The van der Waals surface area contributed by atoms with Crippen LogP contribution < -0.4 is 16.0 Å². The van der Waals surface area contributed by atoms with Crippen molar-refractivity contribution in [3.05, 3.63) is 39.1 Å². The number of carbonyl (C=O) groups is 1. The van der Waals surface area contributed by atoms with Gasteiger partial charge in [0.1, 0.15) is 11.6 Å². The Kier molecular flexibility index (Phi) is 7.49. The van der Waals surface area contributed by atoms with E-state index < -0.39 is 5.91 Å². The highest BCUT2D eigenvalue weighted by atomic mass is 127. The molecule has 7 heteroatoms. The van der Waals surface area contributed by atoms with Gasteiger partial charge < -0.3 is 16.0 Å². The van der Waals surface area contributed by atoms with Gasteiger partial charge in [-0.1, -0.05) is 0 Å². The second kappa shape index (κ2) is 9.61. The minimum absolute atomic E-state index is 0.0771. The Bertz CT molecular complexity index is 647. The second-order valence-electron chi connectivity index (χ2n) is 5.63. The van der Waals surface area contributed by atoms with Gasteiger partial charge in [0.15, 0.2) is 0 Å². The molecule has 3 N–H and O–H groups in total. The number of carbonyl (C=O) groups excluding carboxylic acids is 1. The highest BCUT2D eigenvalue weighted by molar-refractivity contribution is 14.1. The second-order valence-corrected chi connectivity index (χ2v) is 6.87. The Morgan fingerprint density at radius 2 is 2.21 bits per heavy atom. The highest BCUT2D eigenvalue weighted by Gasteiger charge is 2.11. The van der Waals surface area contributed by atoms with Crippen LogP contribution in [0.3, 0.4) is 0 Å². The molecule has 0 radical (unpaired) electrons. The van der Waals surface area contributed by atoms with E-state index >= 15 is 0 Å². The number of aryl methyl sites for hydroxylation is 1. The number of nitriles is 1. The lowest BCUT2D eigenvalue weighted by atomic mass is 10.2. The monoisotopic (exact) mass is 439 g/mol. The molecular formula is C17H22IN5O. The summed E-state index contributed by atoms with van der Waals surface area (Å²) in [4.78, 5) is 14.6. The molecule has 1 amide bonds. The molecule has 0 aromatic heterocycles. The molecule has 1 aromatic carbocycles. The first-order valence-electron chi connectivity index (χ1n) is 7.94. The molecule has 1 fully saturated rings. The molecule has 6 nitrogen and oxygen atoms in total. The quantitative estimate of drug-likeness (QED) is 0.271. The maximum Gasteiger partial charge on any atom is 0.267 e. The number of nitrogens with one attached hydrogen (secondary N) is 3. The van der Waals surface area contributed by atoms with Crippen molar-refractivity contribution in [2.45, 2.75) is 6.92 Å². The van der Waals surface area contributed by atoms with E-state index in [2.05, 4.69) is 43.4 Å². The van der Waals surface area contributed by atoms with Crippen molar-refractivity contribution in [3.8, 4) is 6.07 Å². The molecule has 0 spiro atoms. The molecule has 0 unspecified atom stereocenters. The zero-order valence-corrected chi connectivity index (χ0v) is 15.9. The summed E-state index contributed by atoms with van der Waals surface area (Å²) in [5.41, 5.74) is 1.77. The van der Waals surface area contributed by atoms with Gasteiger partial charge in [-0.05, 0) is 53.3 Å².